The topological polar surface area (TPSA) is 91.8 Å². The fraction of sp³-hybridized carbons (Fsp3) is 0.417. The van der Waals surface area contributed by atoms with Crippen molar-refractivity contribution in [2.24, 2.45) is 16.8 Å². The number of amidine groups is 1. The molecule has 18 heavy (non-hydrogen) atoms. The van der Waals surface area contributed by atoms with E-state index in [1.165, 1.54) is 4.90 Å². The number of anilines is 1. The van der Waals surface area contributed by atoms with Crippen LogP contribution < -0.4 is 10.6 Å². The van der Waals surface area contributed by atoms with Crippen LogP contribution in [-0.4, -0.2) is 29.0 Å². The highest BCUT2D eigenvalue weighted by atomic mass is 16.4. The molecule has 6 nitrogen and oxygen atoms in total. The number of pyridine rings is 1. The van der Waals surface area contributed by atoms with Crippen LogP contribution in [0.25, 0.3) is 0 Å². The molecule has 0 aliphatic heterocycles. The molecule has 0 fully saturated rings. The van der Waals surface area contributed by atoms with Crippen molar-refractivity contribution in [1.29, 1.82) is 0 Å². The van der Waals surface area contributed by atoms with E-state index in [9.17, 15) is 4.79 Å². The van der Waals surface area contributed by atoms with Gasteiger partial charge in [0.15, 0.2) is 5.84 Å². The summed E-state index contributed by atoms with van der Waals surface area (Å²) in [4.78, 5) is 17.7. The molecule has 1 aromatic rings. The number of hydrogen-bond acceptors (Lipinski definition) is 4. The van der Waals surface area contributed by atoms with Crippen molar-refractivity contribution >= 4 is 17.4 Å². The van der Waals surface area contributed by atoms with Gasteiger partial charge in [-0.25, -0.2) is 0 Å². The first-order valence-electron chi connectivity index (χ1n) is 5.76. The van der Waals surface area contributed by atoms with Crippen molar-refractivity contribution in [3.63, 3.8) is 0 Å². The Labute approximate surface area is 106 Å². The molecular formula is C12H18N4O2. The smallest absolute Gasteiger partial charge is 0.237 e. The molecule has 6 heteroatoms. The molecule has 3 N–H and O–H groups in total. The predicted molar refractivity (Wildman–Crippen MR) is 69.5 cm³/mol. The van der Waals surface area contributed by atoms with Gasteiger partial charge in [0.2, 0.25) is 5.91 Å². The first-order valence-corrected chi connectivity index (χ1v) is 5.76. The van der Waals surface area contributed by atoms with Gasteiger partial charge in [0.25, 0.3) is 0 Å². The van der Waals surface area contributed by atoms with Crippen molar-refractivity contribution in [2.75, 3.05) is 11.9 Å². The van der Waals surface area contributed by atoms with Crippen LogP contribution in [0.15, 0.2) is 29.7 Å². The second-order valence-corrected chi connectivity index (χ2v) is 3.97. The molecule has 0 bridgehead atoms. The molecule has 0 radical (unpaired) electrons. The highest BCUT2D eigenvalue weighted by molar-refractivity contribution is 6.08. The molecule has 1 aromatic heterocycles. The SMILES string of the molecule is CCCC(C(=O)N(C)c1cccnc1)C(N)=NO. The second kappa shape index (κ2) is 6.58. The van der Waals surface area contributed by atoms with Gasteiger partial charge in [-0.15, -0.1) is 0 Å². The lowest BCUT2D eigenvalue weighted by Crippen LogP contribution is -2.40. The van der Waals surface area contributed by atoms with Crippen LogP contribution in [0.3, 0.4) is 0 Å². The van der Waals surface area contributed by atoms with Crippen molar-refractivity contribution < 1.29 is 10.0 Å². The molecule has 1 atom stereocenters. The summed E-state index contributed by atoms with van der Waals surface area (Å²) in [6.45, 7) is 1.94. The van der Waals surface area contributed by atoms with E-state index in [1.807, 2.05) is 6.92 Å². The number of rotatable bonds is 5. The Hall–Kier alpha value is -2.11. The first kappa shape index (κ1) is 14.0. The molecule has 1 amide bonds. The van der Waals surface area contributed by atoms with E-state index in [0.29, 0.717) is 12.1 Å². The molecule has 0 aliphatic carbocycles. The van der Waals surface area contributed by atoms with E-state index in [2.05, 4.69) is 10.1 Å². The molecule has 98 valence electrons. The Morgan fingerprint density at radius 2 is 2.39 bits per heavy atom. The number of carbonyl (C=O) groups excluding carboxylic acids is 1. The first-order chi connectivity index (χ1) is 8.61. The highest BCUT2D eigenvalue weighted by Crippen LogP contribution is 2.16. The Morgan fingerprint density at radius 3 is 2.89 bits per heavy atom. The summed E-state index contributed by atoms with van der Waals surface area (Å²) >= 11 is 0. The predicted octanol–water partition coefficient (Wildman–Crippen LogP) is 1.21. The maximum absolute atomic E-state index is 12.3. The lowest BCUT2D eigenvalue weighted by atomic mass is 10.0. The number of oxime groups is 1. The van der Waals surface area contributed by atoms with Crippen LogP contribution in [-0.2, 0) is 4.79 Å². The van der Waals surface area contributed by atoms with Crippen molar-refractivity contribution in [1.82, 2.24) is 4.98 Å². The molecule has 0 saturated carbocycles. The summed E-state index contributed by atoms with van der Waals surface area (Å²) in [7, 11) is 1.65. The van der Waals surface area contributed by atoms with Gasteiger partial charge < -0.3 is 15.8 Å². The van der Waals surface area contributed by atoms with Crippen molar-refractivity contribution in [2.45, 2.75) is 19.8 Å². The molecule has 0 spiro atoms. The number of nitrogens with zero attached hydrogens (tertiary/aromatic N) is 3. The zero-order chi connectivity index (χ0) is 13.5. The summed E-state index contributed by atoms with van der Waals surface area (Å²) in [5.41, 5.74) is 6.23. The van der Waals surface area contributed by atoms with Gasteiger partial charge in [0, 0.05) is 13.2 Å². The summed E-state index contributed by atoms with van der Waals surface area (Å²) in [6, 6.07) is 3.53. The van der Waals surface area contributed by atoms with Gasteiger partial charge in [-0.1, -0.05) is 18.5 Å². The van der Waals surface area contributed by atoms with Gasteiger partial charge in [0.1, 0.15) is 0 Å². The van der Waals surface area contributed by atoms with Crippen molar-refractivity contribution in [3.05, 3.63) is 24.5 Å². The minimum Gasteiger partial charge on any atom is -0.409 e. The minimum absolute atomic E-state index is 0.0578. The summed E-state index contributed by atoms with van der Waals surface area (Å²) in [6.07, 6.45) is 4.54. The summed E-state index contributed by atoms with van der Waals surface area (Å²) in [5.74, 6) is -0.872. The molecule has 0 saturated heterocycles. The zero-order valence-corrected chi connectivity index (χ0v) is 10.6. The van der Waals surface area contributed by atoms with E-state index < -0.39 is 5.92 Å². The maximum atomic E-state index is 12.3. The number of carbonyl (C=O) groups is 1. The Bertz CT molecular complexity index is 419. The van der Waals surface area contributed by atoms with Crippen LogP contribution in [0.1, 0.15) is 19.8 Å². The summed E-state index contributed by atoms with van der Waals surface area (Å²) < 4.78 is 0. The van der Waals surface area contributed by atoms with Gasteiger partial charge in [-0.05, 0) is 18.6 Å². The fourth-order valence-electron chi connectivity index (χ4n) is 1.67. The number of amides is 1. The number of aromatic nitrogens is 1. The average Bonchev–Trinajstić information content (AvgIpc) is 2.43. The molecule has 1 rings (SSSR count). The van der Waals surface area contributed by atoms with Gasteiger partial charge in [-0.3, -0.25) is 9.78 Å². The minimum atomic E-state index is -0.606. The largest absolute Gasteiger partial charge is 0.409 e. The zero-order valence-electron chi connectivity index (χ0n) is 10.6. The molecule has 1 heterocycles. The van der Waals surface area contributed by atoms with Crippen LogP contribution in [0.4, 0.5) is 5.69 Å². The van der Waals surface area contributed by atoms with Crippen LogP contribution >= 0.6 is 0 Å². The fourth-order valence-corrected chi connectivity index (χ4v) is 1.67. The van der Waals surface area contributed by atoms with Crippen LogP contribution in [0.5, 0.6) is 0 Å². The van der Waals surface area contributed by atoms with E-state index >= 15 is 0 Å². The lowest BCUT2D eigenvalue weighted by Gasteiger charge is -2.22. The van der Waals surface area contributed by atoms with Gasteiger partial charge >= 0.3 is 0 Å². The van der Waals surface area contributed by atoms with E-state index in [4.69, 9.17) is 10.9 Å². The quantitative estimate of drug-likeness (QED) is 0.355. The number of hydrogen-bond donors (Lipinski definition) is 2. The van der Waals surface area contributed by atoms with E-state index in [0.717, 1.165) is 6.42 Å². The van der Waals surface area contributed by atoms with Crippen LogP contribution in [0, 0.1) is 5.92 Å². The third-order valence-corrected chi connectivity index (χ3v) is 2.71. The van der Waals surface area contributed by atoms with Gasteiger partial charge in [-0.2, -0.15) is 0 Å². The number of nitrogens with two attached hydrogens (primary N) is 1. The molecule has 0 aromatic carbocycles. The third-order valence-electron chi connectivity index (χ3n) is 2.71. The maximum Gasteiger partial charge on any atom is 0.237 e. The van der Waals surface area contributed by atoms with E-state index in [1.54, 1.807) is 31.6 Å². The monoisotopic (exact) mass is 250 g/mol. The second-order valence-electron chi connectivity index (χ2n) is 3.97. The Morgan fingerprint density at radius 1 is 1.67 bits per heavy atom. The van der Waals surface area contributed by atoms with Crippen LogP contribution in [0.2, 0.25) is 0 Å². The highest BCUT2D eigenvalue weighted by Gasteiger charge is 2.26. The van der Waals surface area contributed by atoms with Crippen molar-refractivity contribution in [3.8, 4) is 0 Å². The van der Waals surface area contributed by atoms with Gasteiger partial charge in [0.05, 0.1) is 17.8 Å². The average molecular weight is 250 g/mol. The third kappa shape index (κ3) is 3.19. The lowest BCUT2D eigenvalue weighted by molar-refractivity contribution is -0.120. The van der Waals surface area contributed by atoms with E-state index in [-0.39, 0.29) is 11.7 Å². The molecular weight excluding hydrogens is 232 g/mol. The standard InChI is InChI=1S/C12H18N4O2/c1-3-5-10(11(13)15-18)12(17)16(2)9-6-4-7-14-8-9/h4,6-8,10,18H,3,5H2,1-2H3,(H2,13,15). The Balaban J connectivity index is 2.90. The normalized spacial score (nSPS) is 13.1. The Kier molecular flexibility index (Phi) is 5.10. The molecule has 0 aliphatic rings. The summed E-state index contributed by atoms with van der Waals surface area (Å²) in [5, 5.41) is 11.6. The molecule has 1 unspecified atom stereocenters.